The molecule has 0 radical (unpaired) electrons. The number of carbonyl (C=O) groups excluding carboxylic acids is 1. The van der Waals surface area contributed by atoms with Crippen molar-refractivity contribution in [3.63, 3.8) is 0 Å². The van der Waals surface area contributed by atoms with Gasteiger partial charge in [0.1, 0.15) is 42.4 Å². The first-order valence-electron chi connectivity index (χ1n) is 19.7. The van der Waals surface area contributed by atoms with Gasteiger partial charge < -0.3 is 30.5 Å². The second-order valence-corrected chi connectivity index (χ2v) is 15.9. The van der Waals surface area contributed by atoms with Crippen molar-refractivity contribution in [1.82, 2.24) is 5.32 Å². The molecule has 0 amide bonds. The Morgan fingerprint density at radius 2 is 1.94 bits per heavy atom. The summed E-state index contributed by atoms with van der Waals surface area (Å²) < 4.78 is 13.2. The van der Waals surface area contributed by atoms with E-state index in [0.29, 0.717) is 37.3 Å². The molecule has 2 bridgehead atoms. The molecule has 10 nitrogen and oxygen atoms in total. The predicted molar refractivity (Wildman–Crippen MR) is 204 cm³/mol. The summed E-state index contributed by atoms with van der Waals surface area (Å²) in [5, 5.41) is 35.7. The quantitative estimate of drug-likeness (QED) is 0.215. The van der Waals surface area contributed by atoms with Gasteiger partial charge in [0.05, 0.1) is 29.4 Å². The van der Waals surface area contributed by atoms with Gasteiger partial charge in [0.15, 0.2) is 11.5 Å². The number of nitrogens with zero attached hydrogens (tertiary/aromatic N) is 1. The normalized spacial score (nSPS) is 26.9. The van der Waals surface area contributed by atoms with Crippen LogP contribution in [0.5, 0.6) is 11.5 Å². The third kappa shape index (κ3) is 7.27. The number of carbonyl (C=O) groups is 1. The Kier molecular flexibility index (Phi) is 10.5. The molecule has 54 heavy (non-hydrogen) atoms. The Morgan fingerprint density at radius 1 is 1.11 bits per heavy atom. The van der Waals surface area contributed by atoms with Crippen molar-refractivity contribution in [1.29, 1.82) is 0 Å². The highest BCUT2D eigenvalue weighted by molar-refractivity contribution is 6.08. The minimum Gasteiger partial charge on any atom is -0.437 e. The van der Waals surface area contributed by atoms with Crippen molar-refractivity contribution in [2.24, 2.45) is 22.1 Å². The molecule has 8 rings (SSSR count). The average Bonchev–Trinajstić information content (AvgIpc) is 3.89. The van der Waals surface area contributed by atoms with Gasteiger partial charge in [0, 0.05) is 32.0 Å². The molecule has 7 N–H and O–H groups in total. The Morgan fingerprint density at radius 3 is 2.78 bits per heavy atom. The number of ketones is 1. The summed E-state index contributed by atoms with van der Waals surface area (Å²) >= 11 is 0. The van der Waals surface area contributed by atoms with Crippen LogP contribution in [0.3, 0.4) is 0 Å². The Hall–Kier alpha value is -4.26. The van der Waals surface area contributed by atoms with Gasteiger partial charge in [0.25, 0.3) is 6.23 Å². The number of aliphatic hydroxyl groups is 3. The lowest BCUT2D eigenvalue weighted by Gasteiger charge is -2.36. The van der Waals surface area contributed by atoms with E-state index in [1.54, 1.807) is 0 Å². The van der Waals surface area contributed by atoms with Crippen LogP contribution >= 0.6 is 0 Å². The summed E-state index contributed by atoms with van der Waals surface area (Å²) in [4.78, 5) is 18.9. The number of fused-ring (bicyclic) bond motifs is 8. The fourth-order valence-corrected chi connectivity index (χ4v) is 9.31. The fraction of sp³-hybridized carbons (Fsp3) is 0.500. The zero-order chi connectivity index (χ0) is 37.4. The van der Waals surface area contributed by atoms with Crippen molar-refractivity contribution in [3.8, 4) is 35.4 Å². The predicted octanol–water partition coefficient (Wildman–Crippen LogP) is 3.24. The highest BCUT2D eigenvalue weighted by atomic mass is 16.5. The Labute approximate surface area is 317 Å². The van der Waals surface area contributed by atoms with Crippen LogP contribution in [0, 0.1) is 35.2 Å². The van der Waals surface area contributed by atoms with E-state index in [-0.39, 0.29) is 37.1 Å². The van der Waals surface area contributed by atoms with Gasteiger partial charge in [-0.15, -0.1) is 0 Å². The molecule has 6 aliphatic rings. The van der Waals surface area contributed by atoms with Crippen LogP contribution in [0.25, 0.3) is 0 Å². The number of Topliss-reactive ketones (excluding diaryl/α,β-unsaturated/α-hetero) is 1. The van der Waals surface area contributed by atoms with Gasteiger partial charge >= 0.3 is 0 Å². The van der Waals surface area contributed by atoms with E-state index in [2.05, 4.69) is 35.4 Å². The first-order valence-corrected chi connectivity index (χ1v) is 19.7. The fourth-order valence-electron chi connectivity index (χ4n) is 9.31. The number of quaternary nitrogens is 1. The van der Waals surface area contributed by atoms with Gasteiger partial charge in [-0.3, -0.25) is 20.0 Å². The number of hydrogen-bond donors (Lipinski definition) is 6. The number of benzene rings is 2. The maximum absolute atomic E-state index is 12.9. The number of rotatable bonds is 9. The molecular formula is C44H51N4O6+. The minimum atomic E-state index is -1.02. The zero-order valence-electron chi connectivity index (χ0n) is 31.0. The van der Waals surface area contributed by atoms with Crippen molar-refractivity contribution in [3.05, 3.63) is 81.7 Å². The molecule has 1 spiro atoms. The highest BCUT2D eigenvalue weighted by Gasteiger charge is 2.51. The van der Waals surface area contributed by atoms with E-state index in [1.165, 1.54) is 5.56 Å². The Bertz CT molecular complexity index is 2020. The molecule has 10 heteroatoms. The van der Waals surface area contributed by atoms with Crippen LogP contribution in [0.1, 0.15) is 105 Å². The number of allylic oxidation sites excluding steroid dienone is 1. The molecule has 0 saturated heterocycles. The molecule has 1 fully saturated rings. The summed E-state index contributed by atoms with van der Waals surface area (Å²) in [6.45, 7) is 3.37. The molecule has 0 aromatic heterocycles. The van der Waals surface area contributed by atoms with Crippen LogP contribution in [0.4, 0.5) is 0 Å². The largest absolute Gasteiger partial charge is 0.437 e. The van der Waals surface area contributed by atoms with Gasteiger partial charge in [-0.1, -0.05) is 62.1 Å². The monoisotopic (exact) mass is 731 g/mol. The minimum absolute atomic E-state index is 0.0161. The number of hydrogen-bond acceptors (Lipinski definition) is 9. The average molecular weight is 732 g/mol. The lowest BCUT2D eigenvalue weighted by Crippen LogP contribution is -3.13. The first kappa shape index (κ1) is 36.7. The second-order valence-electron chi connectivity index (χ2n) is 15.9. The summed E-state index contributed by atoms with van der Waals surface area (Å²) in [5.74, 6) is 11.0. The number of aliphatic hydroxyl groups excluding tert-OH is 3. The van der Waals surface area contributed by atoms with Crippen LogP contribution in [-0.2, 0) is 24.1 Å². The molecule has 2 aromatic carbocycles. The molecular weight excluding hydrogens is 681 g/mol. The van der Waals surface area contributed by atoms with E-state index in [0.717, 1.165) is 89.1 Å². The van der Waals surface area contributed by atoms with Crippen molar-refractivity contribution < 1.29 is 34.5 Å². The van der Waals surface area contributed by atoms with Gasteiger partial charge in [-0.05, 0) is 84.0 Å². The SMILES string of the molecule is CCCC(O)CC(O)CC(=O)CCc1ccc2c(c1)OC1C(C#CC(O)c3ccc4c(c3CC3=CN=C5C[NH+]1C=C35)CCNC4N)C1(C#CO2)CCCC1. The lowest BCUT2D eigenvalue weighted by atomic mass is 9.73. The Balaban J connectivity index is 1.14. The second kappa shape index (κ2) is 15.5. The maximum Gasteiger partial charge on any atom is 0.252 e. The van der Waals surface area contributed by atoms with Gasteiger partial charge in [-0.2, -0.15) is 0 Å². The molecule has 5 aliphatic heterocycles. The smallest absolute Gasteiger partial charge is 0.252 e. The molecule has 7 unspecified atom stereocenters. The topological polar surface area (TPSA) is 151 Å². The van der Waals surface area contributed by atoms with E-state index in [9.17, 15) is 20.1 Å². The van der Waals surface area contributed by atoms with Crippen LogP contribution in [-0.4, -0.2) is 58.3 Å². The van der Waals surface area contributed by atoms with Crippen molar-refractivity contribution in [2.45, 2.75) is 115 Å². The van der Waals surface area contributed by atoms with E-state index < -0.39 is 30.0 Å². The van der Waals surface area contributed by atoms with Crippen LogP contribution in [0.15, 0.2) is 58.9 Å². The molecule has 282 valence electrons. The lowest BCUT2D eigenvalue weighted by molar-refractivity contribution is -0.888. The van der Waals surface area contributed by atoms with Crippen molar-refractivity contribution >= 4 is 11.5 Å². The summed E-state index contributed by atoms with van der Waals surface area (Å²) in [6.07, 6.45) is 11.5. The summed E-state index contributed by atoms with van der Waals surface area (Å²) in [7, 11) is 0. The molecule has 7 atom stereocenters. The standard InChI is InChI=1S/C44H50N4O6/c1-2-5-29(49)22-31(51)23-30(50)8-6-27-7-13-40-41(20-27)54-43-37(44(17-19-53-40)15-3-4-16-44)11-12-39(52)33-9-10-34-32(14-18-46-42(34)45)35(33)21-28-24-47-38-26-48(43)25-36(28)38/h7,9-10,13,20,24-25,29,31,37,39,42-43,46,49,51-52H,2-6,8,14-16,18,21-23,26,45H2,1H3/p+1. The molecule has 1 saturated carbocycles. The van der Waals surface area contributed by atoms with Gasteiger partial charge in [-0.25, -0.2) is 0 Å². The molecule has 5 heterocycles. The highest BCUT2D eigenvalue weighted by Crippen LogP contribution is 2.47. The first-order chi connectivity index (χ1) is 26.2. The van der Waals surface area contributed by atoms with Crippen LogP contribution in [0.2, 0.25) is 0 Å². The van der Waals surface area contributed by atoms with E-state index in [4.69, 9.17) is 20.2 Å². The number of ether oxygens (including phenoxy) is 2. The number of aryl methyl sites for hydroxylation is 1. The third-order valence-electron chi connectivity index (χ3n) is 12.2. The van der Waals surface area contributed by atoms with Crippen molar-refractivity contribution in [2.75, 3.05) is 13.1 Å². The number of aliphatic imine (C=N–C) groups is 1. The van der Waals surface area contributed by atoms with E-state index in [1.807, 2.05) is 43.5 Å². The summed E-state index contributed by atoms with van der Waals surface area (Å²) in [6, 6.07) is 9.72. The van der Waals surface area contributed by atoms with Gasteiger partial charge in [0.2, 0.25) is 0 Å². The van der Waals surface area contributed by atoms with Crippen LogP contribution < -0.4 is 25.4 Å². The zero-order valence-corrected chi connectivity index (χ0v) is 31.0. The number of nitrogens with one attached hydrogen (secondary N) is 2. The molecule has 1 aliphatic carbocycles. The number of nitrogens with two attached hydrogens (primary N) is 1. The third-order valence-corrected chi connectivity index (χ3v) is 12.2. The van der Waals surface area contributed by atoms with E-state index >= 15 is 0 Å². The summed E-state index contributed by atoms with van der Waals surface area (Å²) in [5.41, 5.74) is 14.2. The molecule has 2 aromatic rings. The maximum atomic E-state index is 12.9.